The van der Waals surface area contributed by atoms with Gasteiger partial charge in [0.15, 0.2) is 0 Å². The molecular weight excluding hydrogens is 340 g/mol. The minimum Gasteiger partial charge on any atom is -0.481 e. The van der Waals surface area contributed by atoms with Crippen molar-refractivity contribution in [2.75, 3.05) is 26.2 Å². The van der Waals surface area contributed by atoms with Crippen molar-refractivity contribution in [2.45, 2.75) is 57.9 Å². The van der Waals surface area contributed by atoms with Crippen LogP contribution in [-0.4, -0.2) is 70.9 Å². The zero-order valence-corrected chi connectivity index (χ0v) is 15.3. The normalized spacial score (nSPS) is 21.3. The number of piperidine rings is 2. The molecule has 2 saturated heterocycles. The molecule has 1 atom stereocenters. The van der Waals surface area contributed by atoms with Crippen LogP contribution in [0.25, 0.3) is 0 Å². The van der Waals surface area contributed by atoms with Crippen LogP contribution >= 0.6 is 0 Å². The Morgan fingerprint density at radius 2 is 1.65 bits per heavy atom. The summed E-state index contributed by atoms with van der Waals surface area (Å²) < 4.78 is 4.88. The van der Waals surface area contributed by atoms with E-state index >= 15 is 0 Å². The van der Waals surface area contributed by atoms with Crippen LogP contribution in [0.4, 0.5) is 0 Å². The summed E-state index contributed by atoms with van der Waals surface area (Å²) in [6.45, 7) is 3.67. The number of rotatable bonds is 6. The lowest BCUT2D eigenvalue weighted by Gasteiger charge is -2.43. The predicted molar refractivity (Wildman–Crippen MR) is 92.2 cm³/mol. The Morgan fingerprint density at radius 1 is 0.962 bits per heavy atom. The van der Waals surface area contributed by atoms with E-state index in [1.54, 1.807) is 11.8 Å². The molecule has 0 bridgehead atoms. The summed E-state index contributed by atoms with van der Waals surface area (Å²) in [4.78, 5) is 50.1. The summed E-state index contributed by atoms with van der Waals surface area (Å²) >= 11 is 0. The van der Waals surface area contributed by atoms with Gasteiger partial charge in [0.05, 0.1) is 6.61 Å². The number of carboxylic acids is 1. The Hall–Kier alpha value is -2.12. The van der Waals surface area contributed by atoms with E-state index in [0.29, 0.717) is 19.6 Å². The number of likely N-dealkylation sites (tertiary alicyclic amines) is 2. The molecule has 0 aromatic carbocycles. The third-order valence-corrected chi connectivity index (χ3v) is 5.21. The predicted octanol–water partition coefficient (Wildman–Crippen LogP) is 1.03. The summed E-state index contributed by atoms with van der Waals surface area (Å²) in [5.41, 5.74) is 0. The highest BCUT2D eigenvalue weighted by Gasteiger charge is 2.36. The second-order valence-corrected chi connectivity index (χ2v) is 6.92. The van der Waals surface area contributed by atoms with Crippen molar-refractivity contribution in [1.82, 2.24) is 9.80 Å². The molecule has 0 radical (unpaired) electrons. The van der Waals surface area contributed by atoms with Crippen LogP contribution in [0.15, 0.2) is 0 Å². The van der Waals surface area contributed by atoms with Crippen LogP contribution in [0.1, 0.15) is 51.9 Å². The van der Waals surface area contributed by atoms with Gasteiger partial charge in [-0.25, -0.2) is 0 Å². The lowest BCUT2D eigenvalue weighted by molar-refractivity contribution is -0.152. The van der Waals surface area contributed by atoms with Gasteiger partial charge < -0.3 is 19.6 Å². The molecule has 2 heterocycles. The second-order valence-electron chi connectivity index (χ2n) is 6.92. The van der Waals surface area contributed by atoms with E-state index in [4.69, 9.17) is 9.84 Å². The average Bonchev–Trinajstić information content (AvgIpc) is 2.61. The van der Waals surface area contributed by atoms with Crippen LogP contribution in [0, 0.1) is 5.92 Å². The third kappa shape index (κ3) is 5.44. The number of carboxylic acid groups (broad SMARTS) is 1. The van der Waals surface area contributed by atoms with Crippen LogP contribution in [0.5, 0.6) is 0 Å². The maximum absolute atomic E-state index is 12.5. The zero-order valence-electron chi connectivity index (χ0n) is 15.3. The first-order valence-corrected chi connectivity index (χ1v) is 9.37. The summed E-state index contributed by atoms with van der Waals surface area (Å²) in [5, 5.41) is 8.75. The molecule has 8 nitrogen and oxygen atoms in total. The minimum absolute atomic E-state index is 0.0856. The van der Waals surface area contributed by atoms with Crippen LogP contribution < -0.4 is 0 Å². The fourth-order valence-corrected chi connectivity index (χ4v) is 3.97. The maximum Gasteiger partial charge on any atom is 0.315 e. The number of carbonyl (C=O) groups excluding carboxylic acids is 3. The van der Waals surface area contributed by atoms with E-state index in [2.05, 4.69) is 0 Å². The summed E-state index contributed by atoms with van der Waals surface area (Å²) in [6, 6.07) is 0.0856. The van der Waals surface area contributed by atoms with Gasteiger partial charge in [0.1, 0.15) is 12.8 Å². The number of amides is 2. The largest absolute Gasteiger partial charge is 0.481 e. The molecule has 2 rings (SSSR count). The van der Waals surface area contributed by atoms with Gasteiger partial charge >= 0.3 is 11.9 Å². The average molecular weight is 368 g/mol. The van der Waals surface area contributed by atoms with Crippen molar-refractivity contribution >= 4 is 23.8 Å². The van der Waals surface area contributed by atoms with E-state index in [1.807, 2.05) is 4.90 Å². The minimum atomic E-state index is -1.11. The second kappa shape index (κ2) is 9.54. The van der Waals surface area contributed by atoms with Crippen molar-refractivity contribution in [3.8, 4) is 0 Å². The molecule has 0 saturated carbocycles. The first kappa shape index (κ1) is 20.2. The Balaban J connectivity index is 1.91. The molecule has 0 aromatic rings. The van der Waals surface area contributed by atoms with Gasteiger partial charge in [0.2, 0.25) is 11.8 Å². The molecule has 2 aliphatic rings. The van der Waals surface area contributed by atoms with Gasteiger partial charge in [-0.15, -0.1) is 0 Å². The molecule has 1 unspecified atom stereocenters. The Kier molecular flexibility index (Phi) is 7.41. The van der Waals surface area contributed by atoms with E-state index < -0.39 is 18.4 Å². The Bertz CT molecular complexity index is 542. The highest BCUT2D eigenvalue weighted by atomic mass is 16.5. The monoisotopic (exact) mass is 368 g/mol. The van der Waals surface area contributed by atoms with E-state index in [0.717, 1.165) is 32.1 Å². The molecule has 0 spiro atoms. The molecule has 2 amide bonds. The molecule has 2 fully saturated rings. The van der Waals surface area contributed by atoms with Crippen molar-refractivity contribution in [3.05, 3.63) is 0 Å². The number of nitrogens with zero attached hydrogens (tertiary/aromatic N) is 2. The number of aliphatic carboxylic acids is 1. The first-order valence-electron chi connectivity index (χ1n) is 9.37. The van der Waals surface area contributed by atoms with Crippen LogP contribution in [-0.2, 0) is 23.9 Å². The van der Waals surface area contributed by atoms with Gasteiger partial charge in [0, 0.05) is 25.7 Å². The molecule has 0 aliphatic carbocycles. The van der Waals surface area contributed by atoms with Crippen molar-refractivity contribution in [3.63, 3.8) is 0 Å². The summed E-state index contributed by atoms with van der Waals surface area (Å²) in [5.74, 6) is -1.86. The van der Waals surface area contributed by atoms with Crippen LogP contribution in [0.3, 0.4) is 0 Å². The van der Waals surface area contributed by atoms with Crippen LogP contribution in [0.2, 0.25) is 0 Å². The van der Waals surface area contributed by atoms with Crippen molar-refractivity contribution < 1.29 is 29.0 Å². The molecule has 26 heavy (non-hydrogen) atoms. The SMILES string of the molecule is CCOC(=O)CC(=O)N1CCCCC1C1CCN(C(=O)CC(=O)O)CC1. The topological polar surface area (TPSA) is 104 Å². The lowest BCUT2D eigenvalue weighted by Crippen LogP contribution is -2.51. The quantitative estimate of drug-likeness (QED) is 0.555. The highest BCUT2D eigenvalue weighted by Crippen LogP contribution is 2.31. The fourth-order valence-electron chi connectivity index (χ4n) is 3.97. The maximum atomic E-state index is 12.5. The lowest BCUT2D eigenvalue weighted by atomic mass is 9.83. The van der Waals surface area contributed by atoms with E-state index in [-0.39, 0.29) is 36.8 Å². The molecule has 8 heteroatoms. The highest BCUT2D eigenvalue weighted by molar-refractivity contribution is 5.94. The summed E-state index contributed by atoms with van der Waals surface area (Å²) in [7, 11) is 0. The molecule has 2 aliphatic heterocycles. The van der Waals surface area contributed by atoms with E-state index in [1.165, 1.54) is 0 Å². The summed E-state index contributed by atoms with van der Waals surface area (Å²) in [6.07, 6.45) is 3.69. The standard InChI is InChI=1S/C18H28N2O6/c1-2-26-18(25)12-16(22)20-8-4-3-5-14(20)13-6-9-19(10-7-13)15(21)11-17(23)24/h13-14H,2-12H2,1H3,(H,23,24). The van der Waals surface area contributed by atoms with Crippen molar-refractivity contribution in [2.24, 2.45) is 5.92 Å². The number of hydrogen-bond acceptors (Lipinski definition) is 5. The van der Waals surface area contributed by atoms with Gasteiger partial charge in [-0.3, -0.25) is 19.2 Å². The van der Waals surface area contributed by atoms with Gasteiger partial charge in [-0.1, -0.05) is 0 Å². The number of carbonyl (C=O) groups is 4. The fraction of sp³-hybridized carbons (Fsp3) is 0.778. The van der Waals surface area contributed by atoms with Gasteiger partial charge in [0.25, 0.3) is 0 Å². The first-order chi connectivity index (χ1) is 12.4. The number of hydrogen-bond donors (Lipinski definition) is 1. The van der Waals surface area contributed by atoms with E-state index in [9.17, 15) is 19.2 Å². The molecular formula is C18H28N2O6. The van der Waals surface area contributed by atoms with Gasteiger partial charge in [-0.05, 0) is 44.9 Å². The Labute approximate surface area is 153 Å². The van der Waals surface area contributed by atoms with Gasteiger partial charge in [-0.2, -0.15) is 0 Å². The molecule has 0 aromatic heterocycles. The third-order valence-electron chi connectivity index (χ3n) is 5.21. The zero-order chi connectivity index (χ0) is 19.1. The number of ether oxygens (including phenoxy) is 1. The Morgan fingerprint density at radius 3 is 2.27 bits per heavy atom. The van der Waals surface area contributed by atoms with Crippen molar-refractivity contribution in [1.29, 1.82) is 0 Å². The smallest absolute Gasteiger partial charge is 0.315 e. The molecule has 146 valence electrons. The number of esters is 1. The molecule has 1 N–H and O–H groups in total.